The second-order valence-corrected chi connectivity index (χ2v) is 6.00. The summed E-state index contributed by atoms with van der Waals surface area (Å²) in [7, 11) is 0. The van der Waals surface area contributed by atoms with Gasteiger partial charge in [-0.05, 0) is 35.7 Å². The highest BCUT2D eigenvalue weighted by atomic mass is 32.1. The van der Waals surface area contributed by atoms with Crippen LogP contribution in [0.4, 0.5) is 20.2 Å². The molecule has 126 valence electrons. The molecule has 3 rings (SSSR count). The van der Waals surface area contributed by atoms with Gasteiger partial charge in [0.1, 0.15) is 11.6 Å². The third-order valence-electron chi connectivity index (χ3n) is 3.34. The lowest BCUT2D eigenvalue weighted by molar-refractivity contribution is 0.102. The zero-order chi connectivity index (χ0) is 17.8. The summed E-state index contributed by atoms with van der Waals surface area (Å²) in [6.45, 7) is 0. The number of halogens is 2. The Hall–Kier alpha value is -3.06. The van der Waals surface area contributed by atoms with Gasteiger partial charge in [0.25, 0.3) is 11.8 Å². The SMILES string of the molecule is O=C(Nc1ccccc1C(=O)Nc1ccc(F)cc1F)c1cccs1. The zero-order valence-electron chi connectivity index (χ0n) is 12.8. The van der Waals surface area contributed by atoms with Crippen molar-refractivity contribution in [1.29, 1.82) is 0 Å². The Kier molecular flexibility index (Phi) is 4.85. The van der Waals surface area contributed by atoms with Crippen LogP contribution in [0.2, 0.25) is 0 Å². The van der Waals surface area contributed by atoms with Gasteiger partial charge >= 0.3 is 0 Å². The Morgan fingerprint density at radius 1 is 0.840 bits per heavy atom. The monoisotopic (exact) mass is 358 g/mol. The van der Waals surface area contributed by atoms with Crippen LogP contribution in [0.15, 0.2) is 60.0 Å². The van der Waals surface area contributed by atoms with Gasteiger partial charge in [-0.25, -0.2) is 8.78 Å². The van der Waals surface area contributed by atoms with Crippen molar-refractivity contribution < 1.29 is 18.4 Å². The van der Waals surface area contributed by atoms with E-state index in [1.54, 1.807) is 35.7 Å². The molecule has 0 aliphatic heterocycles. The van der Waals surface area contributed by atoms with E-state index < -0.39 is 17.5 Å². The molecule has 0 aliphatic carbocycles. The van der Waals surface area contributed by atoms with Crippen molar-refractivity contribution in [3.05, 3.63) is 82.1 Å². The molecule has 0 saturated carbocycles. The Bertz CT molecular complexity index is 927. The number of hydrogen-bond acceptors (Lipinski definition) is 3. The number of nitrogens with one attached hydrogen (secondary N) is 2. The van der Waals surface area contributed by atoms with Crippen LogP contribution >= 0.6 is 11.3 Å². The lowest BCUT2D eigenvalue weighted by Gasteiger charge is -2.11. The van der Waals surface area contributed by atoms with Crippen molar-refractivity contribution in [2.24, 2.45) is 0 Å². The quantitative estimate of drug-likeness (QED) is 0.720. The first-order valence-electron chi connectivity index (χ1n) is 7.25. The number of anilines is 2. The maximum atomic E-state index is 13.7. The maximum absolute atomic E-state index is 13.7. The lowest BCUT2D eigenvalue weighted by atomic mass is 10.1. The summed E-state index contributed by atoms with van der Waals surface area (Å²) in [6, 6.07) is 12.6. The Balaban J connectivity index is 1.82. The highest BCUT2D eigenvalue weighted by Crippen LogP contribution is 2.21. The van der Waals surface area contributed by atoms with Gasteiger partial charge < -0.3 is 10.6 Å². The van der Waals surface area contributed by atoms with Gasteiger partial charge in [0, 0.05) is 6.07 Å². The first kappa shape index (κ1) is 16.8. The molecule has 1 aromatic heterocycles. The van der Waals surface area contributed by atoms with E-state index in [-0.39, 0.29) is 17.2 Å². The third-order valence-corrected chi connectivity index (χ3v) is 4.21. The molecule has 2 aromatic carbocycles. The fraction of sp³-hybridized carbons (Fsp3) is 0. The van der Waals surface area contributed by atoms with E-state index in [0.29, 0.717) is 16.6 Å². The first-order chi connectivity index (χ1) is 12.0. The normalized spacial score (nSPS) is 10.3. The molecule has 0 spiro atoms. The standard InChI is InChI=1S/C18H12F2N2O2S/c19-11-7-8-15(13(20)10-11)22-17(23)12-4-1-2-5-14(12)21-18(24)16-6-3-9-25-16/h1-10H,(H,21,24)(H,22,23). The fourth-order valence-corrected chi connectivity index (χ4v) is 2.78. The molecule has 2 amide bonds. The predicted molar refractivity (Wildman–Crippen MR) is 93.0 cm³/mol. The minimum Gasteiger partial charge on any atom is -0.321 e. The molecule has 0 aliphatic rings. The number of rotatable bonds is 4. The molecule has 25 heavy (non-hydrogen) atoms. The first-order valence-corrected chi connectivity index (χ1v) is 8.13. The predicted octanol–water partition coefficient (Wildman–Crippen LogP) is 4.53. The Morgan fingerprint density at radius 3 is 2.32 bits per heavy atom. The van der Waals surface area contributed by atoms with E-state index in [2.05, 4.69) is 10.6 Å². The van der Waals surface area contributed by atoms with E-state index in [4.69, 9.17) is 0 Å². The average molecular weight is 358 g/mol. The highest BCUT2D eigenvalue weighted by molar-refractivity contribution is 7.12. The molecule has 7 heteroatoms. The van der Waals surface area contributed by atoms with Gasteiger partial charge in [-0.1, -0.05) is 18.2 Å². The van der Waals surface area contributed by atoms with Gasteiger partial charge in [-0.3, -0.25) is 9.59 Å². The molecular weight excluding hydrogens is 346 g/mol. The summed E-state index contributed by atoms with van der Waals surface area (Å²) in [4.78, 5) is 25.1. The number of benzene rings is 2. The largest absolute Gasteiger partial charge is 0.321 e. The lowest BCUT2D eigenvalue weighted by Crippen LogP contribution is -2.18. The molecule has 0 fully saturated rings. The number of carbonyl (C=O) groups excluding carboxylic acids is 2. The summed E-state index contributed by atoms with van der Waals surface area (Å²) in [5.74, 6) is -2.58. The van der Waals surface area contributed by atoms with Crippen molar-refractivity contribution in [1.82, 2.24) is 0 Å². The van der Waals surface area contributed by atoms with Crippen LogP contribution in [0.25, 0.3) is 0 Å². The van der Waals surface area contributed by atoms with Crippen LogP contribution < -0.4 is 10.6 Å². The average Bonchev–Trinajstić information content (AvgIpc) is 3.12. The summed E-state index contributed by atoms with van der Waals surface area (Å²) in [5.41, 5.74) is 0.308. The van der Waals surface area contributed by atoms with Gasteiger partial charge in [-0.2, -0.15) is 0 Å². The minimum atomic E-state index is -0.881. The molecular formula is C18H12F2N2O2S. The zero-order valence-corrected chi connectivity index (χ0v) is 13.6. The van der Waals surface area contributed by atoms with Gasteiger partial charge in [-0.15, -0.1) is 11.3 Å². The van der Waals surface area contributed by atoms with E-state index >= 15 is 0 Å². The molecule has 0 atom stereocenters. The van der Waals surface area contributed by atoms with Crippen LogP contribution in [0.1, 0.15) is 20.0 Å². The van der Waals surface area contributed by atoms with E-state index in [9.17, 15) is 18.4 Å². The van der Waals surface area contributed by atoms with Crippen molar-refractivity contribution in [3.63, 3.8) is 0 Å². The number of para-hydroxylation sites is 1. The summed E-state index contributed by atoms with van der Waals surface area (Å²) in [6.07, 6.45) is 0. The van der Waals surface area contributed by atoms with Crippen LogP contribution in [-0.4, -0.2) is 11.8 Å². The van der Waals surface area contributed by atoms with Crippen LogP contribution in [0.5, 0.6) is 0 Å². The molecule has 2 N–H and O–H groups in total. The molecule has 1 heterocycles. The van der Waals surface area contributed by atoms with Gasteiger partial charge in [0.05, 0.1) is 21.8 Å². The summed E-state index contributed by atoms with van der Waals surface area (Å²) >= 11 is 1.27. The van der Waals surface area contributed by atoms with Gasteiger partial charge in [0.2, 0.25) is 0 Å². The van der Waals surface area contributed by atoms with Crippen molar-refractivity contribution >= 4 is 34.5 Å². The summed E-state index contributed by atoms with van der Waals surface area (Å²) < 4.78 is 26.7. The van der Waals surface area contributed by atoms with Crippen LogP contribution in [0.3, 0.4) is 0 Å². The van der Waals surface area contributed by atoms with Crippen LogP contribution in [-0.2, 0) is 0 Å². The second-order valence-electron chi connectivity index (χ2n) is 5.06. The van der Waals surface area contributed by atoms with E-state index in [1.807, 2.05) is 0 Å². The summed E-state index contributed by atoms with van der Waals surface area (Å²) in [5, 5.41) is 6.80. The van der Waals surface area contributed by atoms with Crippen molar-refractivity contribution in [2.45, 2.75) is 0 Å². The number of amides is 2. The minimum absolute atomic E-state index is 0.147. The fourth-order valence-electron chi connectivity index (χ4n) is 2.16. The smallest absolute Gasteiger partial charge is 0.265 e. The van der Waals surface area contributed by atoms with Crippen molar-refractivity contribution in [3.8, 4) is 0 Å². The van der Waals surface area contributed by atoms with Gasteiger partial charge in [0.15, 0.2) is 0 Å². The van der Waals surface area contributed by atoms with E-state index in [1.165, 1.54) is 17.4 Å². The maximum Gasteiger partial charge on any atom is 0.265 e. The highest BCUT2D eigenvalue weighted by Gasteiger charge is 2.16. The molecule has 0 radical (unpaired) electrons. The topological polar surface area (TPSA) is 58.2 Å². The Morgan fingerprint density at radius 2 is 1.60 bits per heavy atom. The molecule has 0 bridgehead atoms. The van der Waals surface area contributed by atoms with Crippen LogP contribution in [0, 0.1) is 11.6 Å². The van der Waals surface area contributed by atoms with Crippen molar-refractivity contribution in [2.75, 3.05) is 10.6 Å². The Labute approximate surface area is 146 Å². The number of hydrogen-bond donors (Lipinski definition) is 2. The number of carbonyl (C=O) groups is 2. The molecule has 3 aromatic rings. The molecule has 0 saturated heterocycles. The second kappa shape index (κ2) is 7.23. The van der Waals surface area contributed by atoms with E-state index in [0.717, 1.165) is 12.1 Å². The molecule has 0 unspecified atom stereocenters. The number of thiophene rings is 1. The third kappa shape index (κ3) is 3.89. The molecule has 4 nitrogen and oxygen atoms in total.